The summed E-state index contributed by atoms with van der Waals surface area (Å²) in [5.41, 5.74) is 6.60. The summed E-state index contributed by atoms with van der Waals surface area (Å²) in [6.07, 6.45) is 0. The molecule has 0 aromatic heterocycles. The lowest BCUT2D eigenvalue weighted by Gasteiger charge is -2.16. The lowest BCUT2D eigenvalue weighted by molar-refractivity contribution is -0.119. The number of nitrogens with one attached hydrogen (secondary N) is 2. The van der Waals surface area contributed by atoms with Crippen LogP contribution in [0.1, 0.15) is 31.0 Å². The zero-order chi connectivity index (χ0) is 18.5. The van der Waals surface area contributed by atoms with Crippen LogP contribution in [-0.2, 0) is 4.79 Å². The molecule has 26 heavy (non-hydrogen) atoms. The van der Waals surface area contributed by atoms with E-state index >= 15 is 0 Å². The number of aliphatic imine (C=N–C) groups is 1. The molecule has 2 aromatic rings. The van der Waals surface area contributed by atoms with Crippen molar-refractivity contribution in [3.63, 3.8) is 0 Å². The summed E-state index contributed by atoms with van der Waals surface area (Å²) < 4.78 is 12.9. The molecule has 1 aliphatic rings. The summed E-state index contributed by atoms with van der Waals surface area (Å²) in [6, 6.07) is 14.0. The first-order valence-corrected chi connectivity index (χ1v) is 9.17. The van der Waals surface area contributed by atoms with Crippen LogP contribution in [-0.4, -0.2) is 22.5 Å². The van der Waals surface area contributed by atoms with Gasteiger partial charge in [0.05, 0.1) is 17.4 Å². The summed E-state index contributed by atoms with van der Waals surface area (Å²) in [5, 5.41) is 7.93. The molecule has 5 nitrogen and oxygen atoms in total. The first-order chi connectivity index (χ1) is 12.5. The van der Waals surface area contributed by atoms with Crippen LogP contribution in [0.5, 0.6) is 0 Å². The quantitative estimate of drug-likeness (QED) is 0.861. The van der Waals surface area contributed by atoms with Crippen molar-refractivity contribution >= 4 is 34.2 Å². The van der Waals surface area contributed by atoms with Gasteiger partial charge in [0.1, 0.15) is 5.82 Å². The number of thioether (sulfide) groups is 1. The first-order valence-electron chi connectivity index (χ1n) is 8.18. The van der Waals surface area contributed by atoms with Crippen LogP contribution >= 0.6 is 11.8 Å². The van der Waals surface area contributed by atoms with Crippen molar-refractivity contribution in [3.05, 3.63) is 65.5 Å². The van der Waals surface area contributed by atoms with Gasteiger partial charge in [-0.05, 0) is 42.3 Å². The van der Waals surface area contributed by atoms with Crippen LogP contribution < -0.4 is 10.7 Å². The fraction of sp³-hybridized carbons (Fsp3) is 0.211. The highest BCUT2D eigenvalue weighted by atomic mass is 32.2. The van der Waals surface area contributed by atoms with E-state index in [2.05, 4.69) is 20.8 Å². The Bertz CT molecular complexity index is 847. The number of benzene rings is 2. The number of carbonyl (C=O) groups excluding carboxylic acids is 1. The van der Waals surface area contributed by atoms with Crippen LogP contribution in [0.4, 0.5) is 10.1 Å². The highest BCUT2D eigenvalue weighted by Gasteiger charge is 2.14. The van der Waals surface area contributed by atoms with Gasteiger partial charge in [-0.15, -0.1) is 0 Å². The van der Waals surface area contributed by atoms with Gasteiger partial charge >= 0.3 is 0 Å². The number of amides is 1. The zero-order valence-corrected chi connectivity index (χ0v) is 15.3. The van der Waals surface area contributed by atoms with Crippen molar-refractivity contribution in [3.8, 4) is 0 Å². The van der Waals surface area contributed by atoms with Crippen molar-refractivity contribution in [2.24, 2.45) is 10.1 Å². The number of hydrogen-bond donors (Lipinski definition) is 2. The monoisotopic (exact) mass is 370 g/mol. The predicted octanol–water partition coefficient (Wildman–Crippen LogP) is 3.75. The number of halogens is 1. The molecule has 1 atom stereocenters. The molecule has 2 aromatic carbocycles. The molecule has 0 aliphatic carbocycles. The van der Waals surface area contributed by atoms with E-state index in [0.717, 1.165) is 16.8 Å². The third kappa shape index (κ3) is 4.70. The maximum atomic E-state index is 12.9. The molecular weight excluding hydrogens is 351 g/mol. The number of hydrazone groups is 1. The van der Waals surface area contributed by atoms with Gasteiger partial charge in [0.25, 0.3) is 0 Å². The van der Waals surface area contributed by atoms with Gasteiger partial charge in [0.15, 0.2) is 5.17 Å². The molecule has 0 saturated carbocycles. The van der Waals surface area contributed by atoms with Gasteiger partial charge in [-0.2, -0.15) is 5.10 Å². The van der Waals surface area contributed by atoms with Crippen molar-refractivity contribution < 1.29 is 9.18 Å². The second-order valence-electron chi connectivity index (χ2n) is 5.90. The first kappa shape index (κ1) is 18.1. The molecule has 0 saturated heterocycles. The van der Waals surface area contributed by atoms with Crippen LogP contribution in [0.15, 0.2) is 58.6 Å². The topological polar surface area (TPSA) is 65.8 Å². The van der Waals surface area contributed by atoms with E-state index in [1.54, 1.807) is 23.9 Å². The van der Waals surface area contributed by atoms with E-state index in [0.29, 0.717) is 16.6 Å². The molecular formula is C19H19FN4OS. The molecule has 0 spiro atoms. The maximum absolute atomic E-state index is 12.9. The van der Waals surface area contributed by atoms with Crippen molar-refractivity contribution in [2.45, 2.75) is 19.9 Å². The number of carbonyl (C=O) groups is 1. The molecule has 0 unspecified atom stereocenters. The number of nitrogens with zero attached hydrogens (tertiary/aromatic N) is 2. The average Bonchev–Trinajstić information content (AvgIpc) is 2.64. The Hall–Kier alpha value is -2.67. The molecule has 1 aliphatic heterocycles. The minimum atomic E-state index is -0.283. The Labute approximate surface area is 155 Å². The van der Waals surface area contributed by atoms with Crippen molar-refractivity contribution in [2.75, 3.05) is 5.75 Å². The third-order valence-corrected chi connectivity index (χ3v) is 4.73. The number of amidine groups is 1. The number of hydrogen-bond acceptors (Lipinski definition) is 4. The number of rotatable bonds is 4. The van der Waals surface area contributed by atoms with Crippen LogP contribution in [0.3, 0.4) is 0 Å². The SMILES string of the molecule is CC(=O)N[C@@H](C)c1ccc(C2=NNC(=Nc3ccc(F)cc3)SC2)cc1. The van der Waals surface area contributed by atoms with E-state index in [4.69, 9.17) is 0 Å². The smallest absolute Gasteiger partial charge is 0.217 e. The summed E-state index contributed by atoms with van der Waals surface area (Å²) in [5.74, 6) is 0.356. The van der Waals surface area contributed by atoms with Gasteiger partial charge < -0.3 is 5.32 Å². The molecule has 2 N–H and O–H groups in total. The van der Waals surface area contributed by atoms with Gasteiger partial charge in [-0.1, -0.05) is 36.0 Å². The van der Waals surface area contributed by atoms with Crippen LogP contribution in [0.25, 0.3) is 0 Å². The van der Waals surface area contributed by atoms with E-state index < -0.39 is 0 Å². The normalized spacial score (nSPS) is 16.6. The summed E-state index contributed by atoms with van der Waals surface area (Å²) in [7, 11) is 0. The van der Waals surface area contributed by atoms with E-state index in [1.807, 2.05) is 31.2 Å². The van der Waals surface area contributed by atoms with Crippen LogP contribution in [0, 0.1) is 5.82 Å². The fourth-order valence-electron chi connectivity index (χ4n) is 2.51. The largest absolute Gasteiger partial charge is 0.350 e. The Kier molecular flexibility index (Phi) is 5.68. The van der Waals surface area contributed by atoms with Gasteiger partial charge in [0.2, 0.25) is 5.91 Å². The molecule has 7 heteroatoms. The lowest BCUT2D eigenvalue weighted by atomic mass is 10.0. The van der Waals surface area contributed by atoms with Gasteiger partial charge in [0, 0.05) is 12.7 Å². The summed E-state index contributed by atoms with van der Waals surface area (Å²) in [4.78, 5) is 15.6. The lowest BCUT2D eigenvalue weighted by Crippen LogP contribution is -2.25. The van der Waals surface area contributed by atoms with Gasteiger partial charge in [-0.3, -0.25) is 10.2 Å². The van der Waals surface area contributed by atoms with Crippen molar-refractivity contribution in [1.82, 2.24) is 10.7 Å². The van der Waals surface area contributed by atoms with E-state index in [9.17, 15) is 9.18 Å². The third-order valence-electron chi connectivity index (χ3n) is 3.85. The minimum absolute atomic E-state index is 0.0308. The second-order valence-corrected chi connectivity index (χ2v) is 6.86. The minimum Gasteiger partial charge on any atom is -0.350 e. The van der Waals surface area contributed by atoms with Gasteiger partial charge in [-0.25, -0.2) is 9.38 Å². The molecule has 0 radical (unpaired) electrons. The second kappa shape index (κ2) is 8.14. The Morgan fingerprint density at radius 2 is 1.92 bits per heavy atom. The van der Waals surface area contributed by atoms with E-state index in [1.165, 1.54) is 19.1 Å². The highest BCUT2D eigenvalue weighted by molar-refractivity contribution is 8.14. The maximum Gasteiger partial charge on any atom is 0.217 e. The standard InChI is InChI=1S/C19H19FN4OS/c1-12(21-13(2)25)14-3-5-15(6-4-14)18-11-26-19(24-23-18)22-17-9-7-16(20)8-10-17/h3-10,12H,11H2,1-2H3,(H,21,25)(H,22,24)/t12-/m0/s1. The molecule has 1 heterocycles. The Morgan fingerprint density at radius 3 is 2.50 bits per heavy atom. The summed E-state index contributed by atoms with van der Waals surface area (Å²) in [6.45, 7) is 3.46. The molecule has 0 bridgehead atoms. The van der Waals surface area contributed by atoms with Crippen molar-refractivity contribution in [1.29, 1.82) is 0 Å². The molecule has 3 rings (SSSR count). The van der Waals surface area contributed by atoms with E-state index in [-0.39, 0.29) is 17.8 Å². The highest BCUT2D eigenvalue weighted by Crippen LogP contribution is 2.20. The molecule has 0 fully saturated rings. The zero-order valence-electron chi connectivity index (χ0n) is 14.5. The fourth-order valence-corrected chi connectivity index (χ4v) is 3.29. The predicted molar refractivity (Wildman–Crippen MR) is 104 cm³/mol. The molecule has 134 valence electrons. The molecule has 1 amide bonds. The summed E-state index contributed by atoms with van der Waals surface area (Å²) >= 11 is 1.54. The average molecular weight is 370 g/mol. The van der Waals surface area contributed by atoms with Crippen LogP contribution in [0.2, 0.25) is 0 Å². The Balaban J connectivity index is 1.67. The Morgan fingerprint density at radius 1 is 1.23 bits per heavy atom.